The van der Waals surface area contributed by atoms with Crippen molar-refractivity contribution < 1.29 is 28.0 Å². The summed E-state index contributed by atoms with van der Waals surface area (Å²) in [4.78, 5) is 29.9. The average Bonchev–Trinajstić information content (AvgIpc) is 3.21. The van der Waals surface area contributed by atoms with E-state index in [-0.39, 0.29) is 43.8 Å². The Bertz CT molecular complexity index is 1180. The molecular weight excluding hydrogens is 465 g/mol. The van der Waals surface area contributed by atoms with Crippen LogP contribution in [0, 0.1) is 19.7 Å². The maximum atomic E-state index is 13.4. The first-order valence-corrected chi connectivity index (χ1v) is 11.8. The zero-order chi connectivity index (χ0) is 25.7. The Balaban J connectivity index is 1.54. The zero-order valence-corrected chi connectivity index (χ0v) is 20.7. The van der Waals surface area contributed by atoms with Crippen LogP contribution in [-0.2, 0) is 16.1 Å². The number of hydrogen-bond acceptors (Lipinski definition) is 6. The van der Waals surface area contributed by atoms with Gasteiger partial charge in [0, 0.05) is 20.1 Å². The van der Waals surface area contributed by atoms with Crippen LogP contribution in [0.15, 0.2) is 59.1 Å². The Morgan fingerprint density at radius 1 is 1.14 bits per heavy atom. The second kappa shape index (κ2) is 10.9. The van der Waals surface area contributed by atoms with Crippen LogP contribution >= 0.6 is 0 Å². The van der Waals surface area contributed by atoms with Gasteiger partial charge in [-0.05, 0) is 43.7 Å². The maximum Gasteiger partial charge on any atom is 0.259 e. The number of benzene rings is 2. The highest BCUT2D eigenvalue weighted by molar-refractivity contribution is 5.96. The van der Waals surface area contributed by atoms with E-state index in [1.807, 2.05) is 30.3 Å². The van der Waals surface area contributed by atoms with Gasteiger partial charge in [-0.1, -0.05) is 35.5 Å². The number of carbonyl (C=O) groups excluding carboxylic acids is 2. The highest BCUT2D eigenvalue weighted by atomic mass is 19.1. The third-order valence-corrected chi connectivity index (χ3v) is 6.26. The number of amides is 2. The summed E-state index contributed by atoms with van der Waals surface area (Å²) in [5.41, 5.74) is 0.835. The molecule has 36 heavy (non-hydrogen) atoms. The molecule has 1 saturated heterocycles. The van der Waals surface area contributed by atoms with Gasteiger partial charge >= 0.3 is 0 Å². The van der Waals surface area contributed by atoms with E-state index in [1.54, 1.807) is 30.7 Å². The van der Waals surface area contributed by atoms with Gasteiger partial charge in [0.15, 0.2) is 0 Å². The largest absolute Gasteiger partial charge is 0.490 e. The van der Waals surface area contributed by atoms with Crippen molar-refractivity contribution in [3.63, 3.8) is 0 Å². The fourth-order valence-electron chi connectivity index (χ4n) is 4.31. The van der Waals surface area contributed by atoms with E-state index in [0.717, 1.165) is 5.56 Å². The van der Waals surface area contributed by atoms with Gasteiger partial charge in [-0.15, -0.1) is 0 Å². The van der Waals surface area contributed by atoms with Crippen molar-refractivity contribution in [1.29, 1.82) is 0 Å². The van der Waals surface area contributed by atoms with Crippen LogP contribution in [0.4, 0.5) is 4.39 Å². The first-order chi connectivity index (χ1) is 17.3. The molecule has 9 heteroatoms. The lowest BCUT2D eigenvalue weighted by molar-refractivity contribution is -0.152. The summed E-state index contributed by atoms with van der Waals surface area (Å²) in [5.74, 6) is 0.133. The second-order valence-corrected chi connectivity index (χ2v) is 9.11. The van der Waals surface area contributed by atoms with Crippen molar-refractivity contribution in [2.45, 2.75) is 32.4 Å². The highest BCUT2D eigenvalue weighted by Crippen LogP contribution is 2.27. The minimum Gasteiger partial charge on any atom is -0.490 e. The first kappa shape index (κ1) is 25.4. The standard InChI is InChI=1S/C27H30FN3O5/c1-19-25(20(2)36-29-19)26(33)31-13-14-35-27(17-31,18-34-23-11-9-22(28)10-12-23)15-24(32)30(3)16-21-7-5-4-6-8-21/h4-12H,13-18H2,1-3H3/t27-/m0/s1. The molecule has 1 atom stereocenters. The van der Waals surface area contributed by atoms with E-state index in [9.17, 15) is 14.0 Å². The fraction of sp³-hybridized carbons (Fsp3) is 0.370. The molecule has 0 aliphatic carbocycles. The van der Waals surface area contributed by atoms with E-state index in [0.29, 0.717) is 35.9 Å². The number of ether oxygens (including phenoxy) is 2. The van der Waals surface area contributed by atoms with E-state index in [1.165, 1.54) is 24.3 Å². The Labute approximate surface area is 209 Å². The molecule has 0 bridgehead atoms. The number of nitrogens with zero attached hydrogens (tertiary/aromatic N) is 3. The fourth-order valence-corrected chi connectivity index (χ4v) is 4.31. The minimum atomic E-state index is -1.09. The molecule has 1 fully saturated rings. The monoisotopic (exact) mass is 495 g/mol. The highest BCUT2D eigenvalue weighted by Gasteiger charge is 2.43. The molecule has 1 aliphatic heterocycles. The van der Waals surface area contributed by atoms with Gasteiger partial charge in [-0.25, -0.2) is 4.39 Å². The summed E-state index contributed by atoms with van der Waals surface area (Å²) in [6, 6.07) is 15.3. The summed E-state index contributed by atoms with van der Waals surface area (Å²) in [6.07, 6.45) is 0.00289. The molecule has 0 N–H and O–H groups in total. The van der Waals surface area contributed by atoms with Crippen molar-refractivity contribution in [2.75, 3.05) is 33.4 Å². The number of halogens is 1. The van der Waals surface area contributed by atoms with Crippen molar-refractivity contribution in [1.82, 2.24) is 15.0 Å². The molecule has 190 valence electrons. The molecule has 0 radical (unpaired) electrons. The number of carbonyl (C=O) groups is 2. The number of rotatable bonds is 8. The summed E-state index contributed by atoms with van der Waals surface area (Å²) < 4.78 is 30.6. The molecule has 1 aliphatic rings. The van der Waals surface area contributed by atoms with Crippen LogP contribution in [0.3, 0.4) is 0 Å². The molecule has 0 saturated carbocycles. The Morgan fingerprint density at radius 2 is 1.86 bits per heavy atom. The lowest BCUT2D eigenvalue weighted by atomic mass is 9.96. The molecular formula is C27H30FN3O5. The van der Waals surface area contributed by atoms with Gasteiger partial charge in [0.25, 0.3) is 5.91 Å². The predicted molar refractivity (Wildman–Crippen MR) is 130 cm³/mol. The molecule has 0 spiro atoms. The summed E-state index contributed by atoms with van der Waals surface area (Å²) in [6.45, 7) is 4.60. The summed E-state index contributed by atoms with van der Waals surface area (Å²) in [5, 5.41) is 3.89. The van der Waals surface area contributed by atoms with Crippen LogP contribution in [-0.4, -0.2) is 65.7 Å². The van der Waals surface area contributed by atoms with Crippen molar-refractivity contribution in [2.24, 2.45) is 0 Å². The number of morpholine rings is 1. The van der Waals surface area contributed by atoms with Crippen LogP contribution < -0.4 is 4.74 Å². The Kier molecular flexibility index (Phi) is 7.69. The van der Waals surface area contributed by atoms with Gasteiger partial charge in [-0.3, -0.25) is 9.59 Å². The van der Waals surface area contributed by atoms with E-state index in [4.69, 9.17) is 14.0 Å². The zero-order valence-electron chi connectivity index (χ0n) is 20.7. The Hall–Kier alpha value is -3.72. The first-order valence-electron chi connectivity index (χ1n) is 11.8. The minimum absolute atomic E-state index is 0.00289. The molecule has 1 aromatic heterocycles. The van der Waals surface area contributed by atoms with Gasteiger partial charge in [0.1, 0.15) is 35.1 Å². The topological polar surface area (TPSA) is 85.1 Å². The molecule has 2 aromatic carbocycles. The van der Waals surface area contributed by atoms with Crippen molar-refractivity contribution in [3.8, 4) is 5.75 Å². The smallest absolute Gasteiger partial charge is 0.259 e. The van der Waals surface area contributed by atoms with Crippen LogP contribution in [0.25, 0.3) is 0 Å². The summed E-state index contributed by atoms with van der Waals surface area (Å²) in [7, 11) is 1.74. The SMILES string of the molecule is Cc1noc(C)c1C(=O)N1CCO[C@@](COc2ccc(F)cc2)(CC(=O)N(C)Cc2ccccc2)C1. The van der Waals surface area contributed by atoms with Gasteiger partial charge in [0.05, 0.1) is 25.3 Å². The predicted octanol–water partition coefficient (Wildman–Crippen LogP) is 3.77. The quantitative estimate of drug-likeness (QED) is 0.473. The van der Waals surface area contributed by atoms with Gasteiger partial charge in [-0.2, -0.15) is 0 Å². The molecule has 0 unspecified atom stereocenters. The number of hydrogen-bond donors (Lipinski definition) is 0. The van der Waals surface area contributed by atoms with E-state index in [2.05, 4.69) is 5.16 Å². The van der Waals surface area contributed by atoms with Crippen LogP contribution in [0.1, 0.15) is 33.8 Å². The summed E-state index contributed by atoms with van der Waals surface area (Å²) >= 11 is 0. The van der Waals surface area contributed by atoms with Gasteiger partial charge in [0.2, 0.25) is 5.91 Å². The third kappa shape index (κ3) is 5.91. The molecule has 3 aromatic rings. The van der Waals surface area contributed by atoms with E-state index < -0.39 is 5.60 Å². The molecule has 2 heterocycles. The second-order valence-electron chi connectivity index (χ2n) is 9.11. The van der Waals surface area contributed by atoms with Crippen molar-refractivity contribution >= 4 is 11.8 Å². The maximum absolute atomic E-state index is 13.4. The Morgan fingerprint density at radius 3 is 2.53 bits per heavy atom. The van der Waals surface area contributed by atoms with Gasteiger partial charge < -0.3 is 23.8 Å². The van der Waals surface area contributed by atoms with Crippen LogP contribution in [0.2, 0.25) is 0 Å². The lowest BCUT2D eigenvalue weighted by Crippen LogP contribution is -2.58. The number of aromatic nitrogens is 1. The average molecular weight is 496 g/mol. The normalized spacial score (nSPS) is 17.6. The van der Waals surface area contributed by atoms with Crippen LogP contribution in [0.5, 0.6) is 5.75 Å². The molecule has 4 rings (SSSR count). The van der Waals surface area contributed by atoms with E-state index >= 15 is 0 Å². The number of aryl methyl sites for hydroxylation is 2. The molecule has 8 nitrogen and oxygen atoms in total. The van der Waals surface area contributed by atoms with Crippen molar-refractivity contribution in [3.05, 3.63) is 83.0 Å². The molecule has 2 amide bonds. The third-order valence-electron chi connectivity index (χ3n) is 6.26. The lowest BCUT2D eigenvalue weighted by Gasteiger charge is -2.42.